The van der Waals surface area contributed by atoms with Crippen LogP contribution in [0.5, 0.6) is 0 Å². The highest BCUT2D eigenvalue weighted by Gasteiger charge is 2.22. The van der Waals surface area contributed by atoms with Crippen molar-refractivity contribution in [2.45, 2.75) is 52.0 Å². The van der Waals surface area contributed by atoms with Crippen LogP contribution < -0.4 is 5.69 Å². The van der Waals surface area contributed by atoms with E-state index in [1.54, 1.807) is 11.5 Å². The van der Waals surface area contributed by atoms with Crippen molar-refractivity contribution in [3.05, 3.63) is 27.4 Å². The fraction of sp³-hybridized carbons (Fsp3) is 0.615. The van der Waals surface area contributed by atoms with Gasteiger partial charge in [-0.05, 0) is 26.7 Å². The molecule has 0 unspecified atom stereocenters. The van der Waals surface area contributed by atoms with Gasteiger partial charge in [-0.1, -0.05) is 12.8 Å². The van der Waals surface area contributed by atoms with Crippen molar-refractivity contribution in [3.8, 4) is 0 Å². The van der Waals surface area contributed by atoms with E-state index in [2.05, 4.69) is 4.98 Å². The summed E-state index contributed by atoms with van der Waals surface area (Å²) in [7, 11) is 0. The van der Waals surface area contributed by atoms with Crippen molar-refractivity contribution in [2.24, 2.45) is 0 Å². The average molecular weight is 250 g/mol. The summed E-state index contributed by atoms with van der Waals surface area (Å²) in [5, 5.41) is 8.93. The van der Waals surface area contributed by atoms with Crippen LogP contribution in [0.3, 0.4) is 0 Å². The van der Waals surface area contributed by atoms with Crippen LogP contribution in [-0.2, 0) is 11.2 Å². The molecule has 1 saturated carbocycles. The van der Waals surface area contributed by atoms with Gasteiger partial charge in [-0.3, -0.25) is 9.36 Å². The number of hydrogen-bond acceptors (Lipinski definition) is 3. The van der Waals surface area contributed by atoms with Gasteiger partial charge < -0.3 is 5.11 Å². The summed E-state index contributed by atoms with van der Waals surface area (Å²) in [4.78, 5) is 26.8. The summed E-state index contributed by atoms with van der Waals surface area (Å²) in [5.41, 5.74) is 1.73. The quantitative estimate of drug-likeness (QED) is 0.884. The molecule has 2 rings (SSSR count). The molecular formula is C13H18N2O3. The topological polar surface area (TPSA) is 72.2 Å². The maximum atomic E-state index is 12.0. The fourth-order valence-electron chi connectivity index (χ4n) is 2.82. The molecule has 0 atom stereocenters. The molecule has 0 saturated heterocycles. The lowest BCUT2D eigenvalue weighted by atomic mass is 10.1. The molecule has 5 nitrogen and oxygen atoms in total. The van der Waals surface area contributed by atoms with Crippen molar-refractivity contribution < 1.29 is 9.90 Å². The van der Waals surface area contributed by atoms with Crippen LogP contribution in [-0.4, -0.2) is 20.6 Å². The van der Waals surface area contributed by atoms with Gasteiger partial charge in [0.2, 0.25) is 0 Å². The predicted molar refractivity (Wildman–Crippen MR) is 66.8 cm³/mol. The number of hydrogen-bond donors (Lipinski definition) is 1. The highest BCUT2D eigenvalue weighted by atomic mass is 16.4. The second kappa shape index (κ2) is 4.92. The van der Waals surface area contributed by atoms with E-state index in [0.29, 0.717) is 11.3 Å². The van der Waals surface area contributed by atoms with Gasteiger partial charge in [0, 0.05) is 23.0 Å². The van der Waals surface area contributed by atoms with Crippen LogP contribution in [0, 0.1) is 13.8 Å². The van der Waals surface area contributed by atoms with E-state index in [1.807, 2.05) is 6.92 Å². The third-order valence-corrected chi connectivity index (χ3v) is 3.72. The third-order valence-electron chi connectivity index (χ3n) is 3.72. The Hall–Kier alpha value is -1.65. The Balaban J connectivity index is 2.52. The zero-order valence-electron chi connectivity index (χ0n) is 10.8. The summed E-state index contributed by atoms with van der Waals surface area (Å²) in [6.45, 7) is 3.53. The predicted octanol–water partition coefficient (Wildman–Crippen LogP) is 1.60. The second-order valence-electron chi connectivity index (χ2n) is 4.92. The van der Waals surface area contributed by atoms with Gasteiger partial charge >= 0.3 is 11.7 Å². The van der Waals surface area contributed by atoms with E-state index < -0.39 is 5.97 Å². The summed E-state index contributed by atoms with van der Waals surface area (Å²) < 4.78 is 1.69. The van der Waals surface area contributed by atoms with Gasteiger partial charge in [-0.15, -0.1) is 0 Å². The summed E-state index contributed by atoms with van der Waals surface area (Å²) in [6.07, 6.45) is 4.14. The maximum Gasteiger partial charge on any atom is 0.348 e. The largest absolute Gasteiger partial charge is 0.481 e. The van der Waals surface area contributed by atoms with Gasteiger partial charge in [0.05, 0.1) is 6.42 Å². The van der Waals surface area contributed by atoms with E-state index in [4.69, 9.17) is 5.11 Å². The summed E-state index contributed by atoms with van der Waals surface area (Å²) in [5.74, 6) is -0.889. The van der Waals surface area contributed by atoms with E-state index in [1.165, 1.54) is 0 Å². The molecule has 98 valence electrons. The monoisotopic (exact) mass is 250 g/mol. The number of carbonyl (C=O) groups is 1. The second-order valence-corrected chi connectivity index (χ2v) is 4.92. The molecule has 1 N–H and O–H groups in total. The van der Waals surface area contributed by atoms with Crippen LogP contribution in [0.1, 0.15) is 48.7 Å². The molecule has 0 spiro atoms. The molecule has 1 aliphatic rings. The molecule has 1 heterocycles. The first-order chi connectivity index (χ1) is 8.50. The number of carboxylic acids is 1. The minimum atomic E-state index is -0.889. The molecular weight excluding hydrogens is 232 g/mol. The minimum Gasteiger partial charge on any atom is -0.481 e. The Morgan fingerprint density at radius 1 is 1.39 bits per heavy atom. The Labute approximate surface area is 105 Å². The molecule has 5 heteroatoms. The molecule has 1 aromatic heterocycles. The van der Waals surface area contributed by atoms with Gasteiger partial charge in [-0.2, -0.15) is 4.98 Å². The normalized spacial score (nSPS) is 16.1. The standard InChI is InChI=1S/C13H18N2O3/c1-8-11(7-12(16)17)9(2)15(13(18)14-8)10-5-3-4-6-10/h10H,3-7H2,1-2H3,(H,16,17). The molecule has 1 fully saturated rings. The Morgan fingerprint density at radius 2 is 2.00 bits per heavy atom. The highest BCUT2D eigenvalue weighted by Crippen LogP contribution is 2.29. The summed E-state index contributed by atoms with van der Waals surface area (Å²) in [6, 6.07) is 0.193. The lowest BCUT2D eigenvalue weighted by Gasteiger charge is -2.19. The molecule has 0 amide bonds. The first kappa shape index (κ1) is 12.8. The average Bonchev–Trinajstić information content (AvgIpc) is 2.77. The Morgan fingerprint density at radius 3 is 2.56 bits per heavy atom. The number of nitrogens with zero attached hydrogens (tertiary/aromatic N) is 2. The van der Waals surface area contributed by atoms with Crippen LogP contribution >= 0.6 is 0 Å². The van der Waals surface area contributed by atoms with Gasteiger partial charge in [0.15, 0.2) is 0 Å². The maximum absolute atomic E-state index is 12.0. The smallest absolute Gasteiger partial charge is 0.348 e. The SMILES string of the molecule is Cc1nc(=O)n(C2CCCC2)c(C)c1CC(=O)O. The molecule has 0 radical (unpaired) electrons. The molecule has 1 aliphatic carbocycles. The third kappa shape index (κ3) is 2.30. The molecule has 18 heavy (non-hydrogen) atoms. The van der Waals surface area contributed by atoms with E-state index in [0.717, 1.165) is 31.4 Å². The Bertz CT molecular complexity index is 528. The van der Waals surface area contributed by atoms with Crippen molar-refractivity contribution in [2.75, 3.05) is 0 Å². The lowest BCUT2D eigenvalue weighted by Crippen LogP contribution is -2.30. The van der Waals surface area contributed by atoms with E-state index >= 15 is 0 Å². The van der Waals surface area contributed by atoms with Crippen molar-refractivity contribution in [1.82, 2.24) is 9.55 Å². The number of aryl methyl sites for hydroxylation is 1. The van der Waals surface area contributed by atoms with Crippen LogP contribution in [0.15, 0.2) is 4.79 Å². The van der Waals surface area contributed by atoms with Gasteiger partial charge in [-0.25, -0.2) is 4.79 Å². The molecule has 0 aliphatic heterocycles. The first-order valence-electron chi connectivity index (χ1n) is 6.31. The number of aliphatic carboxylic acids is 1. The Kier molecular flexibility index (Phi) is 3.50. The lowest BCUT2D eigenvalue weighted by molar-refractivity contribution is -0.136. The zero-order chi connectivity index (χ0) is 13.3. The molecule has 0 bridgehead atoms. The first-order valence-corrected chi connectivity index (χ1v) is 6.31. The van der Waals surface area contributed by atoms with E-state index in [9.17, 15) is 9.59 Å². The van der Waals surface area contributed by atoms with Gasteiger partial charge in [0.25, 0.3) is 0 Å². The minimum absolute atomic E-state index is 0.0718. The molecule has 0 aromatic carbocycles. The van der Waals surface area contributed by atoms with Crippen molar-refractivity contribution in [1.29, 1.82) is 0 Å². The zero-order valence-corrected chi connectivity index (χ0v) is 10.8. The number of rotatable bonds is 3. The fourth-order valence-corrected chi connectivity index (χ4v) is 2.82. The van der Waals surface area contributed by atoms with Crippen LogP contribution in [0.2, 0.25) is 0 Å². The van der Waals surface area contributed by atoms with Crippen molar-refractivity contribution in [3.63, 3.8) is 0 Å². The number of aromatic nitrogens is 2. The van der Waals surface area contributed by atoms with E-state index in [-0.39, 0.29) is 18.2 Å². The van der Waals surface area contributed by atoms with Crippen molar-refractivity contribution >= 4 is 5.97 Å². The number of carboxylic acid groups (broad SMARTS) is 1. The highest BCUT2D eigenvalue weighted by molar-refractivity contribution is 5.70. The van der Waals surface area contributed by atoms with Crippen LogP contribution in [0.4, 0.5) is 0 Å². The van der Waals surface area contributed by atoms with Crippen LogP contribution in [0.25, 0.3) is 0 Å². The molecule has 1 aromatic rings. The van der Waals surface area contributed by atoms with Gasteiger partial charge in [0.1, 0.15) is 0 Å². The summed E-state index contributed by atoms with van der Waals surface area (Å²) >= 11 is 0.